The summed E-state index contributed by atoms with van der Waals surface area (Å²) in [5, 5.41) is 12.3. The summed E-state index contributed by atoms with van der Waals surface area (Å²) in [7, 11) is 1.65. The first-order chi connectivity index (χ1) is 12.7. The molecule has 0 spiro atoms. The topological polar surface area (TPSA) is 61.8 Å². The van der Waals surface area contributed by atoms with E-state index in [9.17, 15) is 9.90 Å². The fraction of sp³-hybridized carbons (Fsp3) is 0.381. The molecule has 0 unspecified atom stereocenters. The third-order valence-corrected chi connectivity index (χ3v) is 4.84. The summed E-state index contributed by atoms with van der Waals surface area (Å²) in [4.78, 5) is 14.8. The van der Waals surface area contributed by atoms with Crippen LogP contribution in [0.1, 0.15) is 19.3 Å². The first-order valence-corrected chi connectivity index (χ1v) is 9.11. The number of amides is 1. The molecule has 138 valence electrons. The Balaban J connectivity index is 1.74. The maximum absolute atomic E-state index is 12.7. The monoisotopic (exact) mass is 354 g/mol. The maximum atomic E-state index is 12.7. The van der Waals surface area contributed by atoms with E-state index in [0.29, 0.717) is 6.54 Å². The van der Waals surface area contributed by atoms with Crippen LogP contribution < -0.4 is 10.1 Å². The number of nitrogens with one attached hydrogen (secondary N) is 1. The van der Waals surface area contributed by atoms with Crippen molar-refractivity contribution >= 4 is 11.6 Å². The molecule has 1 fully saturated rings. The van der Waals surface area contributed by atoms with Crippen LogP contribution in [0.15, 0.2) is 48.5 Å². The number of hydrogen-bond acceptors (Lipinski definition) is 4. The van der Waals surface area contributed by atoms with Crippen LogP contribution in [-0.2, 0) is 4.79 Å². The largest absolute Gasteiger partial charge is 0.497 e. The lowest BCUT2D eigenvalue weighted by atomic mass is 10.0. The van der Waals surface area contributed by atoms with Crippen molar-refractivity contribution in [3.8, 4) is 16.9 Å². The van der Waals surface area contributed by atoms with Crippen LogP contribution in [0.25, 0.3) is 11.1 Å². The van der Waals surface area contributed by atoms with Gasteiger partial charge in [-0.3, -0.25) is 9.69 Å². The molecule has 2 aromatic rings. The average Bonchev–Trinajstić information content (AvgIpc) is 2.69. The molecule has 2 N–H and O–H groups in total. The number of aliphatic hydroxyl groups is 1. The molecule has 1 atom stereocenters. The van der Waals surface area contributed by atoms with Crippen LogP contribution in [0.3, 0.4) is 0 Å². The van der Waals surface area contributed by atoms with Crippen molar-refractivity contribution in [1.29, 1.82) is 0 Å². The normalized spacial score (nSPS) is 17.7. The van der Waals surface area contributed by atoms with Gasteiger partial charge in [-0.25, -0.2) is 0 Å². The van der Waals surface area contributed by atoms with Gasteiger partial charge in [-0.15, -0.1) is 0 Å². The average molecular weight is 354 g/mol. The molecule has 2 aromatic carbocycles. The molecule has 0 aromatic heterocycles. The van der Waals surface area contributed by atoms with E-state index in [0.717, 1.165) is 48.4 Å². The van der Waals surface area contributed by atoms with Gasteiger partial charge >= 0.3 is 0 Å². The molecule has 0 bridgehead atoms. The number of β-amino-alcohol motifs (C(OH)–C–C–N with tert-alkyl or cyclic N) is 1. The standard InChI is InChI=1S/C21H26N2O3/c1-26-19-9-5-7-17(15-19)16-6-4-8-18(14-16)22-21(25)20-10-2-3-11-23(20)12-13-24/h4-9,14-15,20,24H,2-3,10-13H2,1H3,(H,22,25)/t20-/m0/s1. The van der Waals surface area contributed by atoms with Crippen LogP contribution in [0.4, 0.5) is 5.69 Å². The lowest BCUT2D eigenvalue weighted by Crippen LogP contribution is -2.48. The van der Waals surface area contributed by atoms with E-state index in [2.05, 4.69) is 10.2 Å². The highest BCUT2D eigenvalue weighted by molar-refractivity contribution is 5.95. The number of ether oxygens (including phenoxy) is 1. The molecule has 0 radical (unpaired) electrons. The zero-order valence-electron chi connectivity index (χ0n) is 15.1. The number of nitrogens with zero attached hydrogens (tertiary/aromatic N) is 1. The summed E-state index contributed by atoms with van der Waals surface area (Å²) in [6.45, 7) is 1.49. The van der Waals surface area contributed by atoms with E-state index < -0.39 is 0 Å². The second-order valence-corrected chi connectivity index (χ2v) is 6.57. The number of hydrogen-bond donors (Lipinski definition) is 2. The van der Waals surface area contributed by atoms with Gasteiger partial charge in [0.15, 0.2) is 0 Å². The Kier molecular flexibility index (Phi) is 6.26. The minimum Gasteiger partial charge on any atom is -0.497 e. The van der Waals surface area contributed by atoms with Gasteiger partial charge in [0.1, 0.15) is 5.75 Å². The van der Waals surface area contributed by atoms with Crippen LogP contribution in [0.2, 0.25) is 0 Å². The molecule has 1 aliphatic rings. The Bertz CT molecular complexity index is 746. The fourth-order valence-corrected chi connectivity index (χ4v) is 3.49. The molecule has 1 amide bonds. The predicted molar refractivity (Wildman–Crippen MR) is 103 cm³/mol. The van der Waals surface area contributed by atoms with Gasteiger partial charge in [0, 0.05) is 12.2 Å². The summed E-state index contributed by atoms with van der Waals surface area (Å²) in [6.07, 6.45) is 2.96. The summed E-state index contributed by atoms with van der Waals surface area (Å²) in [5.41, 5.74) is 2.85. The van der Waals surface area contributed by atoms with Crippen LogP contribution in [0.5, 0.6) is 5.75 Å². The Morgan fingerprint density at radius 3 is 2.73 bits per heavy atom. The molecular formula is C21H26N2O3. The van der Waals surface area contributed by atoms with Gasteiger partial charge in [-0.2, -0.15) is 0 Å². The van der Waals surface area contributed by atoms with E-state index in [1.807, 2.05) is 48.5 Å². The summed E-state index contributed by atoms with van der Waals surface area (Å²) < 4.78 is 5.29. The Morgan fingerprint density at radius 2 is 1.96 bits per heavy atom. The van der Waals surface area contributed by atoms with Gasteiger partial charge in [0.25, 0.3) is 0 Å². The number of benzene rings is 2. The summed E-state index contributed by atoms with van der Waals surface area (Å²) in [5.74, 6) is 0.805. The SMILES string of the molecule is COc1cccc(-c2cccc(NC(=O)[C@@H]3CCCCN3CCO)c2)c1. The second-order valence-electron chi connectivity index (χ2n) is 6.57. The van der Waals surface area contributed by atoms with Crippen molar-refractivity contribution in [1.82, 2.24) is 4.90 Å². The Morgan fingerprint density at radius 1 is 1.19 bits per heavy atom. The quantitative estimate of drug-likeness (QED) is 0.837. The molecule has 5 nitrogen and oxygen atoms in total. The zero-order valence-corrected chi connectivity index (χ0v) is 15.1. The first kappa shape index (κ1) is 18.4. The molecule has 1 saturated heterocycles. The number of anilines is 1. The van der Waals surface area contributed by atoms with Crippen molar-refractivity contribution in [2.24, 2.45) is 0 Å². The highest BCUT2D eigenvalue weighted by Crippen LogP contribution is 2.26. The number of carbonyl (C=O) groups is 1. The van der Waals surface area contributed by atoms with Crippen molar-refractivity contribution in [2.75, 3.05) is 32.1 Å². The molecule has 0 saturated carbocycles. The van der Waals surface area contributed by atoms with Gasteiger partial charge in [0.05, 0.1) is 19.8 Å². The van der Waals surface area contributed by atoms with Crippen molar-refractivity contribution < 1.29 is 14.6 Å². The van der Waals surface area contributed by atoms with Crippen molar-refractivity contribution in [3.05, 3.63) is 48.5 Å². The van der Waals surface area contributed by atoms with E-state index in [4.69, 9.17) is 4.74 Å². The van der Waals surface area contributed by atoms with Gasteiger partial charge in [-0.05, 0) is 54.8 Å². The third kappa shape index (κ3) is 4.42. The van der Waals surface area contributed by atoms with Gasteiger partial charge in [0.2, 0.25) is 5.91 Å². The minimum atomic E-state index is -0.170. The highest BCUT2D eigenvalue weighted by Gasteiger charge is 2.28. The highest BCUT2D eigenvalue weighted by atomic mass is 16.5. The van der Waals surface area contributed by atoms with Crippen LogP contribution >= 0.6 is 0 Å². The number of carbonyl (C=O) groups excluding carboxylic acids is 1. The lowest BCUT2D eigenvalue weighted by molar-refractivity contribution is -0.122. The zero-order chi connectivity index (χ0) is 18.4. The number of piperidine rings is 1. The van der Waals surface area contributed by atoms with Gasteiger partial charge < -0.3 is 15.2 Å². The lowest BCUT2D eigenvalue weighted by Gasteiger charge is -2.34. The van der Waals surface area contributed by atoms with E-state index >= 15 is 0 Å². The van der Waals surface area contributed by atoms with E-state index in [-0.39, 0.29) is 18.6 Å². The number of methoxy groups -OCH3 is 1. The van der Waals surface area contributed by atoms with Crippen molar-refractivity contribution in [3.63, 3.8) is 0 Å². The van der Waals surface area contributed by atoms with Crippen molar-refractivity contribution in [2.45, 2.75) is 25.3 Å². The first-order valence-electron chi connectivity index (χ1n) is 9.11. The van der Waals surface area contributed by atoms with E-state index in [1.54, 1.807) is 7.11 Å². The second kappa shape index (κ2) is 8.83. The molecule has 1 heterocycles. The smallest absolute Gasteiger partial charge is 0.241 e. The fourth-order valence-electron chi connectivity index (χ4n) is 3.49. The number of likely N-dealkylation sites (tertiary alicyclic amines) is 1. The van der Waals surface area contributed by atoms with Gasteiger partial charge in [-0.1, -0.05) is 30.7 Å². The van der Waals surface area contributed by atoms with Crippen LogP contribution in [-0.4, -0.2) is 48.8 Å². The molecule has 0 aliphatic carbocycles. The summed E-state index contributed by atoms with van der Waals surface area (Å²) in [6, 6.07) is 15.5. The minimum absolute atomic E-state index is 0.000872. The maximum Gasteiger partial charge on any atom is 0.241 e. The number of aliphatic hydroxyl groups excluding tert-OH is 1. The Hall–Kier alpha value is -2.37. The molecule has 26 heavy (non-hydrogen) atoms. The Labute approximate surface area is 154 Å². The predicted octanol–water partition coefficient (Wildman–Crippen LogP) is 3.15. The molecule has 3 rings (SSSR count). The summed E-state index contributed by atoms with van der Waals surface area (Å²) >= 11 is 0. The number of rotatable bonds is 6. The third-order valence-electron chi connectivity index (χ3n) is 4.84. The van der Waals surface area contributed by atoms with E-state index in [1.165, 1.54) is 0 Å². The molecule has 1 aliphatic heterocycles. The van der Waals surface area contributed by atoms with Crippen LogP contribution in [0, 0.1) is 0 Å². The molecule has 5 heteroatoms. The molecular weight excluding hydrogens is 328 g/mol.